The van der Waals surface area contributed by atoms with Crippen molar-refractivity contribution >= 4 is 28.3 Å². The van der Waals surface area contributed by atoms with Crippen molar-refractivity contribution in [2.45, 2.75) is 18.2 Å². The fraction of sp³-hybridized carbons (Fsp3) is 0.533. The molecule has 23 heavy (non-hydrogen) atoms. The minimum Gasteiger partial charge on any atom is -0.344 e. The lowest BCUT2D eigenvalue weighted by Gasteiger charge is -2.20. The summed E-state index contributed by atoms with van der Waals surface area (Å²) in [6.07, 6.45) is 0.846. The number of aryl methyl sites for hydroxylation is 1. The van der Waals surface area contributed by atoms with E-state index in [4.69, 9.17) is 0 Å². The van der Waals surface area contributed by atoms with Crippen molar-refractivity contribution in [3.63, 3.8) is 0 Å². The monoisotopic (exact) mass is 361 g/mol. The van der Waals surface area contributed by atoms with Crippen LogP contribution in [0.1, 0.15) is 12.0 Å². The smallest absolute Gasteiger partial charge is 0.240 e. The molecular weight excluding hydrogens is 338 g/mol. The van der Waals surface area contributed by atoms with Crippen LogP contribution >= 0.6 is 12.4 Å². The lowest BCUT2D eigenvalue weighted by molar-refractivity contribution is -0.133. The number of sulfonamides is 1. The topological polar surface area (TPSA) is 78.5 Å². The largest absolute Gasteiger partial charge is 0.344 e. The molecule has 1 aliphatic heterocycles. The SMILES string of the molecule is Cc1ccc(S(=O)(=O)NCCN(C)C(=O)C2CCNC2)cc1.Cl. The first-order valence-electron chi connectivity index (χ1n) is 7.42. The average Bonchev–Trinajstić information content (AvgIpc) is 3.00. The van der Waals surface area contributed by atoms with Crippen LogP contribution in [-0.4, -0.2) is 52.5 Å². The van der Waals surface area contributed by atoms with Gasteiger partial charge in [0.1, 0.15) is 0 Å². The van der Waals surface area contributed by atoms with Gasteiger partial charge in [-0.1, -0.05) is 17.7 Å². The Morgan fingerprint density at radius 3 is 2.57 bits per heavy atom. The van der Waals surface area contributed by atoms with Gasteiger partial charge in [-0.3, -0.25) is 4.79 Å². The quantitative estimate of drug-likeness (QED) is 0.784. The van der Waals surface area contributed by atoms with E-state index in [2.05, 4.69) is 10.0 Å². The van der Waals surface area contributed by atoms with E-state index in [9.17, 15) is 13.2 Å². The number of halogens is 1. The predicted octanol–water partition coefficient (Wildman–Crippen LogP) is 0.763. The highest BCUT2D eigenvalue weighted by atomic mass is 35.5. The Morgan fingerprint density at radius 2 is 2.00 bits per heavy atom. The van der Waals surface area contributed by atoms with E-state index >= 15 is 0 Å². The number of carbonyl (C=O) groups excluding carboxylic acids is 1. The van der Waals surface area contributed by atoms with Crippen LogP contribution in [0.3, 0.4) is 0 Å². The van der Waals surface area contributed by atoms with Gasteiger partial charge in [0.2, 0.25) is 15.9 Å². The molecule has 1 aliphatic rings. The van der Waals surface area contributed by atoms with Crippen LogP contribution in [0.25, 0.3) is 0 Å². The summed E-state index contributed by atoms with van der Waals surface area (Å²) in [5, 5.41) is 3.16. The molecule has 1 atom stereocenters. The summed E-state index contributed by atoms with van der Waals surface area (Å²) >= 11 is 0. The van der Waals surface area contributed by atoms with E-state index in [1.807, 2.05) is 6.92 Å². The molecule has 0 bridgehead atoms. The van der Waals surface area contributed by atoms with Crippen molar-refractivity contribution in [2.24, 2.45) is 5.92 Å². The molecule has 6 nitrogen and oxygen atoms in total. The summed E-state index contributed by atoms with van der Waals surface area (Å²) in [4.78, 5) is 14.0. The van der Waals surface area contributed by atoms with Gasteiger partial charge in [-0.05, 0) is 32.0 Å². The number of nitrogens with zero attached hydrogens (tertiary/aromatic N) is 1. The van der Waals surface area contributed by atoms with E-state index < -0.39 is 10.0 Å². The number of hydrogen-bond donors (Lipinski definition) is 2. The Hall–Kier alpha value is -1.15. The molecule has 0 saturated carbocycles. The summed E-state index contributed by atoms with van der Waals surface area (Å²) < 4.78 is 26.8. The third kappa shape index (κ3) is 5.46. The molecule has 8 heteroatoms. The Labute approximate surface area is 144 Å². The minimum absolute atomic E-state index is 0. The maximum absolute atomic E-state index is 12.1. The zero-order valence-corrected chi connectivity index (χ0v) is 15.0. The van der Waals surface area contributed by atoms with Crippen LogP contribution in [0.2, 0.25) is 0 Å². The highest BCUT2D eigenvalue weighted by molar-refractivity contribution is 7.89. The highest BCUT2D eigenvalue weighted by Gasteiger charge is 2.25. The number of nitrogens with one attached hydrogen (secondary N) is 2. The van der Waals surface area contributed by atoms with Gasteiger partial charge in [-0.25, -0.2) is 13.1 Å². The summed E-state index contributed by atoms with van der Waals surface area (Å²) in [6, 6.07) is 6.68. The molecule has 0 radical (unpaired) electrons. The van der Waals surface area contributed by atoms with E-state index in [0.717, 1.165) is 18.5 Å². The second kappa shape index (κ2) is 8.63. The Balaban J connectivity index is 0.00000264. The van der Waals surface area contributed by atoms with E-state index in [0.29, 0.717) is 13.1 Å². The number of benzene rings is 1. The van der Waals surface area contributed by atoms with Gasteiger partial charge in [0.05, 0.1) is 10.8 Å². The van der Waals surface area contributed by atoms with Gasteiger partial charge < -0.3 is 10.2 Å². The van der Waals surface area contributed by atoms with Gasteiger partial charge in [-0.15, -0.1) is 12.4 Å². The normalized spacial score (nSPS) is 17.6. The first kappa shape index (κ1) is 19.9. The fourth-order valence-electron chi connectivity index (χ4n) is 2.44. The summed E-state index contributed by atoms with van der Waals surface area (Å²) in [6.45, 7) is 4.05. The molecule has 1 fully saturated rings. The molecule has 2 rings (SSSR count). The van der Waals surface area contributed by atoms with Crippen LogP contribution in [0.15, 0.2) is 29.2 Å². The number of likely N-dealkylation sites (N-methyl/N-ethyl adjacent to an activating group) is 1. The molecule has 130 valence electrons. The van der Waals surface area contributed by atoms with E-state index in [1.54, 1.807) is 36.2 Å². The van der Waals surface area contributed by atoms with Gasteiger partial charge in [0, 0.05) is 26.7 Å². The minimum atomic E-state index is -3.52. The van der Waals surface area contributed by atoms with Crippen LogP contribution in [0.5, 0.6) is 0 Å². The molecule has 1 unspecified atom stereocenters. The fourth-order valence-corrected chi connectivity index (χ4v) is 3.46. The summed E-state index contributed by atoms with van der Waals surface area (Å²) in [5.74, 6) is 0.0817. The van der Waals surface area contributed by atoms with E-state index in [1.165, 1.54) is 0 Å². The maximum atomic E-state index is 12.1. The number of hydrogen-bond acceptors (Lipinski definition) is 4. The van der Waals surface area contributed by atoms with Crippen molar-refractivity contribution in [1.82, 2.24) is 14.9 Å². The second-order valence-electron chi connectivity index (χ2n) is 5.66. The zero-order chi connectivity index (χ0) is 16.2. The van der Waals surface area contributed by atoms with Crippen molar-refractivity contribution in [2.75, 3.05) is 33.2 Å². The highest BCUT2D eigenvalue weighted by Crippen LogP contribution is 2.11. The number of rotatable bonds is 6. The lowest BCUT2D eigenvalue weighted by atomic mass is 10.1. The third-order valence-corrected chi connectivity index (χ3v) is 5.33. The van der Waals surface area contributed by atoms with Gasteiger partial charge in [0.25, 0.3) is 0 Å². The Morgan fingerprint density at radius 1 is 1.35 bits per heavy atom. The first-order chi connectivity index (χ1) is 10.4. The van der Waals surface area contributed by atoms with Crippen molar-refractivity contribution in [1.29, 1.82) is 0 Å². The Kier molecular flexibility index (Phi) is 7.47. The standard InChI is InChI=1S/C15H23N3O3S.ClH/c1-12-3-5-14(6-4-12)22(20,21)17-9-10-18(2)15(19)13-7-8-16-11-13;/h3-6,13,16-17H,7-11H2,1-2H3;1H. The van der Waals surface area contributed by atoms with Crippen molar-refractivity contribution in [3.05, 3.63) is 29.8 Å². The average molecular weight is 362 g/mol. The molecule has 1 aromatic carbocycles. The predicted molar refractivity (Wildman–Crippen MR) is 92.2 cm³/mol. The molecule has 0 aromatic heterocycles. The van der Waals surface area contributed by atoms with Crippen LogP contribution in [-0.2, 0) is 14.8 Å². The molecule has 1 aromatic rings. The summed E-state index contributed by atoms with van der Waals surface area (Å²) in [7, 11) is -1.81. The van der Waals surface area contributed by atoms with Crippen molar-refractivity contribution in [3.8, 4) is 0 Å². The molecule has 1 amide bonds. The number of amides is 1. The number of carbonyl (C=O) groups is 1. The Bertz CT molecular complexity index is 613. The lowest BCUT2D eigenvalue weighted by Crippen LogP contribution is -2.39. The van der Waals surface area contributed by atoms with Crippen LogP contribution < -0.4 is 10.0 Å². The van der Waals surface area contributed by atoms with Gasteiger partial charge in [0.15, 0.2) is 0 Å². The van der Waals surface area contributed by atoms with Gasteiger partial charge >= 0.3 is 0 Å². The molecular formula is C15H24ClN3O3S. The first-order valence-corrected chi connectivity index (χ1v) is 8.90. The van der Waals surface area contributed by atoms with Crippen LogP contribution in [0.4, 0.5) is 0 Å². The van der Waals surface area contributed by atoms with Crippen LogP contribution in [0, 0.1) is 12.8 Å². The molecule has 1 heterocycles. The van der Waals surface area contributed by atoms with E-state index in [-0.39, 0.29) is 35.7 Å². The zero-order valence-electron chi connectivity index (χ0n) is 13.4. The third-order valence-electron chi connectivity index (χ3n) is 3.86. The molecule has 2 N–H and O–H groups in total. The molecule has 0 aliphatic carbocycles. The molecule has 1 saturated heterocycles. The summed E-state index contributed by atoms with van der Waals surface area (Å²) in [5.41, 5.74) is 1.01. The van der Waals surface area contributed by atoms with Crippen molar-refractivity contribution < 1.29 is 13.2 Å². The van der Waals surface area contributed by atoms with Gasteiger partial charge in [-0.2, -0.15) is 0 Å². The maximum Gasteiger partial charge on any atom is 0.240 e. The second-order valence-corrected chi connectivity index (χ2v) is 7.43. The molecule has 0 spiro atoms.